The van der Waals surface area contributed by atoms with Crippen LogP contribution in [0.1, 0.15) is 5.69 Å². The van der Waals surface area contributed by atoms with Crippen LogP contribution >= 0.6 is 34.5 Å². The Morgan fingerprint density at radius 2 is 1.93 bits per heavy atom. The molecule has 0 aliphatic heterocycles. The topological polar surface area (TPSA) is 63.6 Å². The lowest BCUT2D eigenvalue weighted by molar-refractivity contribution is 0.983. The molecule has 2 aromatic heterocycles. The van der Waals surface area contributed by atoms with Gasteiger partial charge < -0.3 is 5.32 Å². The van der Waals surface area contributed by atoms with Gasteiger partial charge in [0.25, 0.3) is 0 Å². The molecule has 0 bridgehead atoms. The monoisotopic (exact) mass is 261 g/mol. The molecule has 5 nitrogen and oxygen atoms in total. The Morgan fingerprint density at radius 1 is 1.20 bits per heavy atom. The van der Waals surface area contributed by atoms with Crippen molar-refractivity contribution in [2.24, 2.45) is 0 Å². The standard InChI is InChI=1S/C7H5Cl2N5S/c8-5-12-6(9)14-7(13-5)10-1-4-2-15-3-11-4/h2-3H,1H2,(H,10,12,13,14). The van der Waals surface area contributed by atoms with Crippen molar-refractivity contribution >= 4 is 40.5 Å². The Balaban J connectivity index is 2.05. The quantitative estimate of drug-likeness (QED) is 0.919. The van der Waals surface area contributed by atoms with E-state index in [4.69, 9.17) is 23.2 Å². The van der Waals surface area contributed by atoms with E-state index in [1.54, 1.807) is 5.51 Å². The van der Waals surface area contributed by atoms with Gasteiger partial charge in [0.05, 0.1) is 17.7 Å². The first kappa shape index (κ1) is 10.5. The molecule has 0 saturated heterocycles. The van der Waals surface area contributed by atoms with Crippen LogP contribution < -0.4 is 5.32 Å². The van der Waals surface area contributed by atoms with E-state index in [1.165, 1.54) is 11.3 Å². The molecule has 0 aromatic carbocycles. The summed E-state index contributed by atoms with van der Waals surface area (Å²) in [4.78, 5) is 15.4. The average molecular weight is 262 g/mol. The number of rotatable bonds is 3. The van der Waals surface area contributed by atoms with Crippen molar-refractivity contribution in [1.29, 1.82) is 0 Å². The first-order chi connectivity index (χ1) is 7.24. The number of nitrogens with zero attached hydrogens (tertiary/aromatic N) is 4. The third kappa shape index (κ3) is 2.98. The molecule has 0 fully saturated rings. The van der Waals surface area contributed by atoms with Crippen LogP contribution in [-0.2, 0) is 6.54 Å². The van der Waals surface area contributed by atoms with Gasteiger partial charge in [0.1, 0.15) is 0 Å². The minimum absolute atomic E-state index is 0.0655. The maximum Gasteiger partial charge on any atom is 0.228 e. The largest absolute Gasteiger partial charge is 0.348 e. The van der Waals surface area contributed by atoms with Gasteiger partial charge in [-0.3, -0.25) is 0 Å². The van der Waals surface area contributed by atoms with Crippen LogP contribution in [0.4, 0.5) is 5.95 Å². The van der Waals surface area contributed by atoms with Crippen LogP contribution in [0.15, 0.2) is 10.9 Å². The molecule has 1 N–H and O–H groups in total. The van der Waals surface area contributed by atoms with E-state index in [1.807, 2.05) is 5.38 Å². The highest BCUT2D eigenvalue weighted by Crippen LogP contribution is 2.10. The second kappa shape index (κ2) is 4.69. The molecule has 0 unspecified atom stereocenters. The van der Waals surface area contributed by atoms with Crippen LogP contribution in [-0.4, -0.2) is 19.9 Å². The lowest BCUT2D eigenvalue weighted by Gasteiger charge is -2.02. The summed E-state index contributed by atoms with van der Waals surface area (Å²) in [6, 6.07) is 0. The van der Waals surface area contributed by atoms with E-state index in [2.05, 4.69) is 25.3 Å². The fourth-order valence-electron chi connectivity index (χ4n) is 0.899. The molecule has 8 heteroatoms. The van der Waals surface area contributed by atoms with E-state index in [0.717, 1.165) is 5.69 Å². The second-order valence-corrected chi connectivity index (χ2v) is 3.93. The van der Waals surface area contributed by atoms with Crippen molar-refractivity contribution < 1.29 is 0 Å². The summed E-state index contributed by atoms with van der Waals surface area (Å²) in [5.41, 5.74) is 2.66. The first-order valence-electron chi connectivity index (χ1n) is 3.92. The van der Waals surface area contributed by atoms with Gasteiger partial charge in [0, 0.05) is 5.38 Å². The summed E-state index contributed by atoms with van der Waals surface area (Å²) < 4.78 is 0. The lowest BCUT2D eigenvalue weighted by atomic mass is 10.5. The average Bonchev–Trinajstić information content (AvgIpc) is 2.65. The molecule has 2 aromatic rings. The summed E-state index contributed by atoms with van der Waals surface area (Å²) in [5, 5.41) is 5.00. The van der Waals surface area contributed by atoms with E-state index in [9.17, 15) is 0 Å². The Kier molecular flexibility index (Phi) is 3.30. The zero-order chi connectivity index (χ0) is 10.7. The van der Waals surface area contributed by atoms with E-state index >= 15 is 0 Å². The molecule has 0 radical (unpaired) electrons. The van der Waals surface area contributed by atoms with Crippen LogP contribution in [0.3, 0.4) is 0 Å². The van der Waals surface area contributed by atoms with E-state index in [0.29, 0.717) is 12.5 Å². The van der Waals surface area contributed by atoms with E-state index in [-0.39, 0.29) is 10.6 Å². The predicted octanol–water partition coefficient (Wildman–Crippen LogP) is 2.25. The smallest absolute Gasteiger partial charge is 0.228 e. The van der Waals surface area contributed by atoms with Gasteiger partial charge in [-0.25, -0.2) is 4.98 Å². The molecule has 0 aliphatic rings. The summed E-state index contributed by atoms with van der Waals surface area (Å²) in [7, 11) is 0. The predicted molar refractivity (Wildman–Crippen MR) is 59.3 cm³/mol. The SMILES string of the molecule is Clc1nc(Cl)nc(NCc2cscn2)n1. The second-order valence-electron chi connectivity index (χ2n) is 2.53. The number of halogens is 2. The van der Waals surface area contributed by atoms with Crippen molar-refractivity contribution in [3.8, 4) is 0 Å². The van der Waals surface area contributed by atoms with Gasteiger partial charge in [-0.2, -0.15) is 15.0 Å². The maximum absolute atomic E-state index is 5.61. The van der Waals surface area contributed by atoms with Crippen molar-refractivity contribution in [1.82, 2.24) is 19.9 Å². The molecular weight excluding hydrogens is 257 g/mol. The van der Waals surface area contributed by atoms with Crippen LogP contribution in [0.2, 0.25) is 10.6 Å². The molecule has 78 valence electrons. The molecular formula is C7H5Cl2N5S. The van der Waals surface area contributed by atoms with Gasteiger partial charge in [-0.1, -0.05) is 0 Å². The number of aromatic nitrogens is 4. The molecule has 15 heavy (non-hydrogen) atoms. The zero-order valence-corrected chi connectivity index (χ0v) is 9.64. The van der Waals surface area contributed by atoms with Gasteiger partial charge >= 0.3 is 0 Å². The number of thiazole rings is 1. The minimum Gasteiger partial charge on any atom is -0.348 e. The van der Waals surface area contributed by atoms with Crippen LogP contribution in [0.5, 0.6) is 0 Å². The van der Waals surface area contributed by atoms with Crippen LogP contribution in [0, 0.1) is 0 Å². The number of anilines is 1. The molecule has 0 aliphatic carbocycles. The lowest BCUT2D eigenvalue weighted by Crippen LogP contribution is -2.04. The normalized spacial score (nSPS) is 10.3. The summed E-state index contributed by atoms with van der Waals surface area (Å²) >= 11 is 12.7. The van der Waals surface area contributed by atoms with E-state index < -0.39 is 0 Å². The summed E-state index contributed by atoms with van der Waals surface area (Å²) in [6.07, 6.45) is 0. The van der Waals surface area contributed by atoms with Crippen molar-refractivity contribution in [3.63, 3.8) is 0 Å². The third-order valence-electron chi connectivity index (χ3n) is 1.49. The van der Waals surface area contributed by atoms with Crippen LogP contribution in [0.25, 0.3) is 0 Å². The van der Waals surface area contributed by atoms with Gasteiger partial charge in [0.15, 0.2) is 0 Å². The fraction of sp³-hybridized carbons (Fsp3) is 0.143. The van der Waals surface area contributed by atoms with Gasteiger partial charge in [-0.15, -0.1) is 11.3 Å². The molecule has 2 rings (SSSR count). The Morgan fingerprint density at radius 3 is 2.53 bits per heavy atom. The highest BCUT2D eigenvalue weighted by Gasteiger charge is 2.02. The first-order valence-corrected chi connectivity index (χ1v) is 5.62. The molecule has 0 amide bonds. The molecule has 0 spiro atoms. The zero-order valence-electron chi connectivity index (χ0n) is 7.31. The van der Waals surface area contributed by atoms with Gasteiger partial charge in [-0.05, 0) is 23.2 Å². The number of nitrogens with one attached hydrogen (secondary N) is 1. The molecule has 2 heterocycles. The highest BCUT2D eigenvalue weighted by atomic mass is 35.5. The molecule has 0 saturated carbocycles. The fourth-order valence-corrected chi connectivity index (χ4v) is 1.82. The third-order valence-corrected chi connectivity index (χ3v) is 2.47. The van der Waals surface area contributed by atoms with Gasteiger partial charge in [0.2, 0.25) is 16.5 Å². The Labute approximate surface area is 99.5 Å². The minimum atomic E-state index is 0.0655. The van der Waals surface area contributed by atoms with Crippen molar-refractivity contribution in [2.75, 3.05) is 5.32 Å². The van der Waals surface area contributed by atoms with Crippen molar-refractivity contribution in [3.05, 3.63) is 27.2 Å². The maximum atomic E-state index is 5.61. The summed E-state index contributed by atoms with van der Waals surface area (Å²) in [5.74, 6) is 0.341. The Bertz CT molecular complexity index is 426. The Hall–Kier alpha value is -0.980. The summed E-state index contributed by atoms with van der Waals surface area (Å²) in [6.45, 7) is 0.528. The number of hydrogen-bond acceptors (Lipinski definition) is 6. The number of hydrogen-bond donors (Lipinski definition) is 1. The highest BCUT2D eigenvalue weighted by molar-refractivity contribution is 7.07. The molecule has 0 atom stereocenters. The van der Waals surface area contributed by atoms with Crippen molar-refractivity contribution in [2.45, 2.75) is 6.54 Å².